The Morgan fingerprint density at radius 3 is 2.78 bits per heavy atom. The van der Waals surface area contributed by atoms with Crippen molar-refractivity contribution in [3.05, 3.63) is 65.4 Å². The van der Waals surface area contributed by atoms with Gasteiger partial charge in [-0.05, 0) is 12.1 Å². The maximum atomic E-state index is 12.2. The predicted molar refractivity (Wildman–Crippen MR) is 90.3 cm³/mol. The number of hydrogen-bond donors (Lipinski definition) is 2. The van der Waals surface area contributed by atoms with Crippen LogP contribution in [-0.4, -0.2) is 27.1 Å². The molecule has 0 aliphatic rings. The number of amides is 1. The molecule has 2 heterocycles. The number of rotatable bonds is 5. The fourth-order valence-corrected chi connectivity index (χ4v) is 3.10. The highest BCUT2D eigenvalue weighted by molar-refractivity contribution is 7.13. The first-order valence-corrected chi connectivity index (χ1v) is 8.11. The fourth-order valence-electron chi connectivity index (χ4n) is 2.30. The molecule has 1 unspecified atom stereocenters. The number of nitrogens with zero attached hydrogens (tertiary/aromatic N) is 2. The summed E-state index contributed by atoms with van der Waals surface area (Å²) in [5, 5.41) is 15.4. The van der Waals surface area contributed by atoms with Crippen LogP contribution in [0, 0.1) is 0 Å². The number of aliphatic hydroxyl groups is 1. The molecule has 3 rings (SSSR count). The Morgan fingerprint density at radius 1 is 1.30 bits per heavy atom. The number of carbonyl (C=O) groups excluding carboxylic acids is 1. The summed E-state index contributed by atoms with van der Waals surface area (Å²) in [6, 6.07) is 13.4. The molecule has 6 heteroatoms. The second kappa shape index (κ2) is 6.76. The number of benzene rings is 1. The van der Waals surface area contributed by atoms with E-state index in [9.17, 15) is 9.90 Å². The number of aromatic nitrogens is 2. The van der Waals surface area contributed by atoms with Crippen LogP contribution in [-0.2, 0) is 7.05 Å². The lowest BCUT2D eigenvalue weighted by Crippen LogP contribution is -2.29. The van der Waals surface area contributed by atoms with Gasteiger partial charge in [0.2, 0.25) is 0 Å². The lowest BCUT2D eigenvalue weighted by atomic mass is 10.2. The van der Waals surface area contributed by atoms with Crippen molar-refractivity contribution in [2.75, 3.05) is 6.54 Å². The molecule has 5 nitrogen and oxygen atoms in total. The van der Waals surface area contributed by atoms with E-state index >= 15 is 0 Å². The molecule has 118 valence electrons. The Morgan fingerprint density at radius 2 is 2.09 bits per heavy atom. The van der Waals surface area contributed by atoms with Gasteiger partial charge < -0.3 is 15.0 Å². The third kappa shape index (κ3) is 3.49. The van der Waals surface area contributed by atoms with Gasteiger partial charge in [0.15, 0.2) is 0 Å². The number of aryl methyl sites for hydroxylation is 1. The molecule has 0 fully saturated rings. The summed E-state index contributed by atoms with van der Waals surface area (Å²) < 4.78 is 1.83. The molecule has 0 aliphatic heterocycles. The Kier molecular flexibility index (Phi) is 4.55. The minimum atomic E-state index is -0.744. The first-order chi connectivity index (χ1) is 11.1. The average Bonchev–Trinajstić information content (AvgIpc) is 3.22. The molecule has 2 aromatic heterocycles. The molecule has 1 aromatic carbocycles. The van der Waals surface area contributed by atoms with Crippen molar-refractivity contribution in [1.29, 1.82) is 0 Å². The van der Waals surface area contributed by atoms with E-state index in [4.69, 9.17) is 0 Å². The fraction of sp³-hybridized carbons (Fsp3) is 0.176. The van der Waals surface area contributed by atoms with E-state index < -0.39 is 6.10 Å². The summed E-state index contributed by atoms with van der Waals surface area (Å²) in [6.07, 6.45) is 1.11. The molecular weight excluding hydrogens is 310 g/mol. The molecule has 0 bridgehead atoms. The van der Waals surface area contributed by atoms with Crippen molar-refractivity contribution >= 4 is 17.2 Å². The number of nitrogens with one attached hydrogen (secondary N) is 1. The van der Waals surface area contributed by atoms with Crippen molar-refractivity contribution in [3.63, 3.8) is 0 Å². The van der Waals surface area contributed by atoms with Gasteiger partial charge in [-0.1, -0.05) is 30.3 Å². The van der Waals surface area contributed by atoms with Crippen LogP contribution >= 0.6 is 11.3 Å². The van der Waals surface area contributed by atoms with Gasteiger partial charge in [-0.15, -0.1) is 11.3 Å². The molecule has 1 amide bonds. The van der Waals surface area contributed by atoms with Gasteiger partial charge in [0, 0.05) is 36.4 Å². The summed E-state index contributed by atoms with van der Waals surface area (Å²) in [5.41, 5.74) is 2.11. The number of thiazole rings is 1. The molecule has 0 spiro atoms. The molecule has 3 aromatic rings. The van der Waals surface area contributed by atoms with Gasteiger partial charge in [-0.3, -0.25) is 4.79 Å². The van der Waals surface area contributed by atoms with Crippen molar-refractivity contribution in [1.82, 2.24) is 14.9 Å². The Balaban J connectivity index is 1.63. The minimum absolute atomic E-state index is 0.148. The molecule has 0 radical (unpaired) electrons. The van der Waals surface area contributed by atoms with Crippen LogP contribution in [0.3, 0.4) is 0 Å². The quantitative estimate of drug-likeness (QED) is 0.757. The monoisotopic (exact) mass is 327 g/mol. The highest BCUT2D eigenvalue weighted by atomic mass is 32.1. The van der Waals surface area contributed by atoms with Crippen LogP contribution in [0.15, 0.2) is 54.0 Å². The highest BCUT2D eigenvalue weighted by Crippen LogP contribution is 2.23. The maximum Gasteiger partial charge on any atom is 0.270 e. The van der Waals surface area contributed by atoms with Gasteiger partial charge in [0.1, 0.15) is 16.8 Å². The van der Waals surface area contributed by atoms with Crippen LogP contribution in [0.5, 0.6) is 0 Å². The van der Waals surface area contributed by atoms with E-state index in [0.29, 0.717) is 5.69 Å². The second-order valence-corrected chi connectivity index (χ2v) is 6.03. The van der Waals surface area contributed by atoms with E-state index in [1.807, 2.05) is 60.3 Å². The van der Waals surface area contributed by atoms with E-state index in [0.717, 1.165) is 16.3 Å². The van der Waals surface area contributed by atoms with Gasteiger partial charge in [0.05, 0.1) is 0 Å². The summed E-state index contributed by atoms with van der Waals surface area (Å²) in [4.78, 5) is 16.5. The lowest BCUT2D eigenvalue weighted by molar-refractivity contribution is 0.0908. The van der Waals surface area contributed by atoms with Crippen molar-refractivity contribution < 1.29 is 9.90 Å². The Hall–Kier alpha value is -2.44. The van der Waals surface area contributed by atoms with Crippen molar-refractivity contribution in [2.24, 2.45) is 7.05 Å². The molecule has 0 aliphatic carbocycles. The van der Waals surface area contributed by atoms with Gasteiger partial charge >= 0.3 is 0 Å². The molecule has 1 atom stereocenters. The standard InChI is InChI=1S/C17H17N3O2S/c1-20-9-5-8-14(20)15(21)10-18-16(22)13-11-23-17(19-13)12-6-3-2-4-7-12/h2-9,11,15,21H,10H2,1H3,(H,18,22). The van der Waals surface area contributed by atoms with Crippen molar-refractivity contribution in [2.45, 2.75) is 6.10 Å². The predicted octanol–water partition coefficient (Wildman–Crippen LogP) is 2.61. The summed E-state index contributed by atoms with van der Waals surface area (Å²) in [5.74, 6) is -0.281. The van der Waals surface area contributed by atoms with Crippen LogP contribution in [0.25, 0.3) is 10.6 Å². The van der Waals surface area contributed by atoms with Crippen molar-refractivity contribution in [3.8, 4) is 10.6 Å². The van der Waals surface area contributed by atoms with E-state index in [1.54, 1.807) is 5.38 Å². The topological polar surface area (TPSA) is 67.2 Å². The molecule has 0 saturated carbocycles. The van der Waals surface area contributed by atoms with Gasteiger partial charge in [-0.25, -0.2) is 4.98 Å². The third-order valence-electron chi connectivity index (χ3n) is 3.54. The zero-order valence-electron chi connectivity index (χ0n) is 12.6. The zero-order valence-corrected chi connectivity index (χ0v) is 13.5. The largest absolute Gasteiger partial charge is 0.385 e. The Labute approximate surface area is 138 Å². The van der Waals surface area contributed by atoms with Crippen LogP contribution in [0.1, 0.15) is 22.3 Å². The van der Waals surface area contributed by atoms with Crippen LogP contribution in [0.4, 0.5) is 0 Å². The van der Waals surface area contributed by atoms with Crippen LogP contribution in [0.2, 0.25) is 0 Å². The van der Waals surface area contributed by atoms with Gasteiger partial charge in [-0.2, -0.15) is 0 Å². The maximum absolute atomic E-state index is 12.2. The molecule has 2 N–H and O–H groups in total. The first kappa shape index (κ1) is 15.5. The first-order valence-electron chi connectivity index (χ1n) is 7.23. The third-order valence-corrected chi connectivity index (χ3v) is 4.43. The normalized spacial score (nSPS) is 12.1. The van der Waals surface area contributed by atoms with Gasteiger partial charge in [0.25, 0.3) is 5.91 Å². The summed E-state index contributed by atoms with van der Waals surface area (Å²) in [6.45, 7) is 0.148. The SMILES string of the molecule is Cn1cccc1C(O)CNC(=O)c1csc(-c2ccccc2)n1. The zero-order chi connectivity index (χ0) is 16.2. The van der Waals surface area contributed by atoms with E-state index in [2.05, 4.69) is 10.3 Å². The summed E-state index contributed by atoms with van der Waals surface area (Å²) in [7, 11) is 1.85. The van der Waals surface area contributed by atoms with E-state index in [-0.39, 0.29) is 12.5 Å². The smallest absolute Gasteiger partial charge is 0.270 e. The average molecular weight is 327 g/mol. The second-order valence-electron chi connectivity index (χ2n) is 5.17. The number of carbonyl (C=O) groups is 1. The Bertz CT molecular complexity index is 795. The lowest BCUT2D eigenvalue weighted by Gasteiger charge is -2.12. The number of hydrogen-bond acceptors (Lipinski definition) is 4. The molecule has 0 saturated heterocycles. The summed E-state index contributed by atoms with van der Waals surface area (Å²) >= 11 is 1.43. The number of aliphatic hydroxyl groups excluding tert-OH is 1. The molecular formula is C17H17N3O2S. The van der Waals surface area contributed by atoms with Crippen LogP contribution < -0.4 is 5.32 Å². The highest BCUT2D eigenvalue weighted by Gasteiger charge is 2.15. The minimum Gasteiger partial charge on any atom is -0.385 e. The molecule has 23 heavy (non-hydrogen) atoms. The van der Waals surface area contributed by atoms with E-state index in [1.165, 1.54) is 11.3 Å².